The van der Waals surface area contributed by atoms with Gasteiger partial charge in [-0.1, -0.05) is 0 Å². The number of isocyanates is 1. The second kappa shape index (κ2) is 7.00. The molecule has 0 atom stereocenters. The van der Waals surface area contributed by atoms with Crippen molar-refractivity contribution in [2.45, 2.75) is 13.3 Å². The fraction of sp³-hybridized carbons (Fsp3) is 0.571. The third-order valence-corrected chi connectivity index (χ3v) is 1.02. The highest BCUT2D eigenvalue weighted by molar-refractivity contribution is 5.82. The Balaban J connectivity index is 3.37. The standard InChI is InChI=1S/C7H10N2O4/c1-6(11)13-7(12)9-4-2-3-8-5-10/h2-4H2,1H3,(H,9,12). The molecule has 72 valence electrons. The number of hydrogen-bond donors (Lipinski definition) is 1. The number of hydrogen-bond acceptors (Lipinski definition) is 5. The Labute approximate surface area is 75.0 Å². The van der Waals surface area contributed by atoms with Crippen LogP contribution in [0, 0.1) is 0 Å². The monoisotopic (exact) mass is 186 g/mol. The first-order valence-corrected chi connectivity index (χ1v) is 3.66. The number of ether oxygens (including phenoxy) is 1. The van der Waals surface area contributed by atoms with Gasteiger partial charge < -0.3 is 10.1 Å². The Morgan fingerprint density at radius 3 is 2.77 bits per heavy atom. The lowest BCUT2D eigenvalue weighted by atomic mass is 10.4. The van der Waals surface area contributed by atoms with Crippen molar-refractivity contribution < 1.29 is 19.1 Å². The molecule has 0 aliphatic rings. The second-order valence-electron chi connectivity index (χ2n) is 2.13. The van der Waals surface area contributed by atoms with Gasteiger partial charge >= 0.3 is 12.1 Å². The predicted octanol–water partition coefficient (Wildman–Crippen LogP) is -0.0150. The highest BCUT2D eigenvalue weighted by Crippen LogP contribution is 1.81. The van der Waals surface area contributed by atoms with E-state index < -0.39 is 12.1 Å². The van der Waals surface area contributed by atoms with Crippen molar-refractivity contribution >= 4 is 18.1 Å². The van der Waals surface area contributed by atoms with Gasteiger partial charge in [-0.3, -0.25) is 4.79 Å². The van der Waals surface area contributed by atoms with Crippen LogP contribution >= 0.6 is 0 Å². The zero-order valence-corrected chi connectivity index (χ0v) is 7.20. The second-order valence-corrected chi connectivity index (χ2v) is 2.13. The predicted molar refractivity (Wildman–Crippen MR) is 42.8 cm³/mol. The molecule has 0 aromatic rings. The van der Waals surface area contributed by atoms with E-state index in [4.69, 9.17) is 0 Å². The van der Waals surface area contributed by atoms with E-state index in [1.807, 2.05) is 0 Å². The summed E-state index contributed by atoms with van der Waals surface area (Å²) in [5, 5.41) is 2.30. The van der Waals surface area contributed by atoms with Crippen molar-refractivity contribution in [3.63, 3.8) is 0 Å². The third-order valence-electron chi connectivity index (χ3n) is 1.02. The van der Waals surface area contributed by atoms with Crippen molar-refractivity contribution in [3.05, 3.63) is 0 Å². The van der Waals surface area contributed by atoms with E-state index >= 15 is 0 Å². The van der Waals surface area contributed by atoms with Crippen LogP contribution < -0.4 is 5.32 Å². The third kappa shape index (κ3) is 8.22. The lowest BCUT2D eigenvalue weighted by molar-refractivity contribution is -0.134. The maximum atomic E-state index is 10.6. The van der Waals surface area contributed by atoms with Gasteiger partial charge in [0, 0.05) is 13.5 Å². The van der Waals surface area contributed by atoms with Gasteiger partial charge in [-0.05, 0) is 6.42 Å². The number of nitrogens with one attached hydrogen (secondary N) is 1. The van der Waals surface area contributed by atoms with Gasteiger partial charge in [-0.25, -0.2) is 14.6 Å². The molecule has 0 bridgehead atoms. The van der Waals surface area contributed by atoms with Crippen LogP contribution in [0.25, 0.3) is 0 Å². The van der Waals surface area contributed by atoms with Crippen LogP contribution in [0.15, 0.2) is 4.99 Å². The van der Waals surface area contributed by atoms with Gasteiger partial charge in [0.15, 0.2) is 0 Å². The molecule has 0 saturated heterocycles. The molecule has 0 spiro atoms. The normalized spacial score (nSPS) is 8.38. The van der Waals surface area contributed by atoms with E-state index in [1.54, 1.807) is 0 Å². The van der Waals surface area contributed by atoms with Crippen molar-refractivity contribution in [2.24, 2.45) is 4.99 Å². The summed E-state index contributed by atoms with van der Waals surface area (Å²) >= 11 is 0. The average Bonchev–Trinajstić information content (AvgIpc) is 2.02. The number of carbonyl (C=O) groups is 2. The minimum Gasteiger partial charge on any atom is -0.377 e. The van der Waals surface area contributed by atoms with Gasteiger partial charge in [0.05, 0.1) is 6.54 Å². The van der Waals surface area contributed by atoms with Crippen LogP contribution in [0.3, 0.4) is 0 Å². The summed E-state index contributed by atoms with van der Waals surface area (Å²) in [5.74, 6) is -0.664. The van der Waals surface area contributed by atoms with E-state index in [9.17, 15) is 14.4 Å². The molecule has 0 rings (SSSR count). The molecule has 13 heavy (non-hydrogen) atoms. The van der Waals surface area contributed by atoms with Crippen LogP contribution in [0.5, 0.6) is 0 Å². The molecule has 0 saturated carbocycles. The van der Waals surface area contributed by atoms with E-state index in [1.165, 1.54) is 6.08 Å². The largest absolute Gasteiger partial charge is 0.414 e. The summed E-state index contributed by atoms with van der Waals surface area (Å²) in [6, 6.07) is 0. The molecule has 6 nitrogen and oxygen atoms in total. The van der Waals surface area contributed by atoms with E-state index in [2.05, 4.69) is 15.0 Å². The van der Waals surface area contributed by atoms with Crippen molar-refractivity contribution in [1.82, 2.24) is 5.32 Å². The Hall–Kier alpha value is -1.68. The maximum absolute atomic E-state index is 10.6. The molecule has 0 radical (unpaired) electrons. The summed E-state index contributed by atoms with van der Waals surface area (Å²) in [4.78, 5) is 33.7. The molecule has 0 aromatic carbocycles. The summed E-state index contributed by atoms with van der Waals surface area (Å²) in [6.45, 7) is 1.73. The summed E-state index contributed by atoms with van der Waals surface area (Å²) in [7, 11) is 0. The van der Waals surface area contributed by atoms with Crippen LogP contribution in [0.1, 0.15) is 13.3 Å². The molecular formula is C7H10N2O4. The van der Waals surface area contributed by atoms with Gasteiger partial charge in [0.25, 0.3) is 0 Å². The van der Waals surface area contributed by atoms with Gasteiger partial charge in [-0.2, -0.15) is 0 Å². The topological polar surface area (TPSA) is 84.8 Å². The number of rotatable bonds is 4. The molecule has 0 aliphatic heterocycles. The quantitative estimate of drug-likeness (QED) is 0.220. The van der Waals surface area contributed by atoms with Crippen molar-refractivity contribution in [2.75, 3.05) is 13.1 Å². The number of carbonyl (C=O) groups excluding carboxylic acids is 3. The molecule has 1 N–H and O–H groups in total. The minimum absolute atomic E-state index is 0.295. The molecule has 0 aromatic heterocycles. The van der Waals surface area contributed by atoms with Crippen LogP contribution in [0.4, 0.5) is 4.79 Å². The van der Waals surface area contributed by atoms with E-state index in [-0.39, 0.29) is 0 Å². The Bertz CT molecular complexity index is 233. The number of esters is 1. The lowest BCUT2D eigenvalue weighted by Crippen LogP contribution is -2.27. The highest BCUT2D eigenvalue weighted by atomic mass is 16.6. The first kappa shape index (κ1) is 11.3. The van der Waals surface area contributed by atoms with Crippen LogP contribution in [-0.4, -0.2) is 31.2 Å². The van der Waals surface area contributed by atoms with Gasteiger partial charge in [0.1, 0.15) is 0 Å². The number of nitrogens with zero attached hydrogens (tertiary/aromatic N) is 1. The summed E-state index contributed by atoms with van der Waals surface area (Å²) < 4.78 is 4.16. The SMILES string of the molecule is CC(=O)OC(=O)NCCCN=C=O. The smallest absolute Gasteiger partial charge is 0.377 e. The molecule has 0 aliphatic carbocycles. The summed E-state index contributed by atoms with van der Waals surface area (Å²) in [5.41, 5.74) is 0. The highest BCUT2D eigenvalue weighted by Gasteiger charge is 2.02. The first-order valence-electron chi connectivity index (χ1n) is 3.66. The van der Waals surface area contributed by atoms with Crippen LogP contribution in [-0.2, 0) is 14.3 Å². The fourth-order valence-corrected chi connectivity index (χ4v) is 0.561. The molecule has 0 fully saturated rings. The van der Waals surface area contributed by atoms with Crippen molar-refractivity contribution in [1.29, 1.82) is 0 Å². The Morgan fingerprint density at radius 1 is 1.54 bits per heavy atom. The van der Waals surface area contributed by atoms with Gasteiger partial charge in [0.2, 0.25) is 6.08 Å². The fourth-order valence-electron chi connectivity index (χ4n) is 0.561. The zero-order chi connectivity index (χ0) is 10.1. The van der Waals surface area contributed by atoms with Crippen LogP contribution in [0.2, 0.25) is 0 Å². The Morgan fingerprint density at radius 2 is 2.23 bits per heavy atom. The molecule has 0 heterocycles. The maximum Gasteiger partial charge on any atom is 0.414 e. The number of aliphatic imine (C=N–C) groups is 1. The number of alkyl carbamates (subject to hydrolysis) is 1. The molecule has 0 unspecified atom stereocenters. The van der Waals surface area contributed by atoms with Crippen molar-refractivity contribution in [3.8, 4) is 0 Å². The van der Waals surface area contributed by atoms with Gasteiger partial charge in [-0.15, -0.1) is 0 Å². The average molecular weight is 186 g/mol. The minimum atomic E-state index is -0.789. The molecular weight excluding hydrogens is 176 g/mol. The first-order chi connectivity index (χ1) is 6.16. The number of amides is 1. The molecule has 1 amide bonds. The Kier molecular flexibility index (Phi) is 6.09. The summed E-state index contributed by atoms with van der Waals surface area (Å²) in [6.07, 6.45) is 1.08. The van der Waals surface area contributed by atoms with E-state index in [0.29, 0.717) is 19.5 Å². The molecule has 6 heteroatoms. The van der Waals surface area contributed by atoms with E-state index in [0.717, 1.165) is 6.92 Å². The lowest BCUT2D eigenvalue weighted by Gasteiger charge is -2.01. The zero-order valence-electron chi connectivity index (χ0n) is 7.20.